The number of nitrogens with zero attached hydrogens (tertiary/aromatic N) is 3. The maximum absolute atomic E-state index is 6.76. The van der Waals surface area contributed by atoms with Crippen LogP contribution in [0.4, 0.5) is 0 Å². The summed E-state index contributed by atoms with van der Waals surface area (Å²) in [5.74, 6) is 1.84. The van der Waals surface area contributed by atoms with Crippen molar-refractivity contribution in [1.29, 1.82) is 0 Å². The Hall–Kier alpha value is -6.95. The fourth-order valence-electron chi connectivity index (χ4n) is 7.68. The highest BCUT2D eigenvalue weighted by Crippen LogP contribution is 2.43. The molecule has 4 nitrogen and oxygen atoms in total. The lowest BCUT2D eigenvalue weighted by Gasteiger charge is -2.10. The van der Waals surface area contributed by atoms with Crippen molar-refractivity contribution in [3.05, 3.63) is 176 Å². The van der Waals surface area contributed by atoms with Crippen molar-refractivity contribution in [1.82, 2.24) is 15.0 Å². The lowest BCUT2D eigenvalue weighted by Crippen LogP contribution is -2.00. The summed E-state index contributed by atoms with van der Waals surface area (Å²) in [6.45, 7) is 0. The molecule has 0 spiro atoms. The summed E-state index contributed by atoms with van der Waals surface area (Å²) in [6, 6.07) is 61.5. The second-order valence-electron chi connectivity index (χ2n) is 13.6. The van der Waals surface area contributed by atoms with Gasteiger partial charge in [0.15, 0.2) is 17.5 Å². The molecule has 8 aromatic carbocycles. The fraction of sp³-hybridized carbons (Fsp3) is 0. The second-order valence-corrected chi connectivity index (χ2v) is 14.7. The quantitative estimate of drug-likeness (QED) is 0.179. The van der Waals surface area contributed by atoms with Gasteiger partial charge in [0, 0.05) is 53.2 Å². The summed E-state index contributed by atoms with van der Waals surface area (Å²) >= 11 is 1.84. The highest BCUT2D eigenvalue weighted by atomic mass is 32.1. The Labute approximate surface area is 314 Å². The molecule has 252 valence electrons. The van der Waals surface area contributed by atoms with Gasteiger partial charge in [-0.3, -0.25) is 0 Å². The van der Waals surface area contributed by atoms with Crippen LogP contribution < -0.4 is 0 Å². The van der Waals surface area contributed by atoms with E-state index in [-0.39, 0.29) is 0 Å². The van der Waals surface area contributed by atoms with Gasteiger partial charge in [0.2, 0.25) is 0 Å². The van der Waals surface area contributed by atoms with E-state index in [9.17, 15) is 0 Å². The second kappa shape index (κ2) is 12.3. The van der Waals surface area contributed by atoms with Crippen LogP contribution in [-0.2, 0) is 0 Å². The number of rotatable bonds is 5. The van der Waals surface area contributed by atoms with Gasteiger partial charge >= 0.3 is 0 Å². The first-order valence-corrected chi connectivity index (χ1v) is 18.8. The minimum absolute atomic E-state index is 0.600. The van der Waals surface area contributed by atoms with Crippen molar-refractivity contribution in [2.45, 2.75) is 0 Å². The zero-order valence-corrected chi connectivity index (χ0v) is 29.7. The third-order valence-electron chi connectivity index (χ3n) is 10.3. The Balaban J connectivity index is 1.07. The molecule has 0 bridgehead atoms. The summed E-state index contributed by atoms with van der Waals surface area (Å²) in [7, 11) is 0. The molecule has 0 atom stereocenters. The molecular weight excluding hydrogens is 679 g/mol. The lowest BCUT2D eigenvalue weighted by atomic mass is 9.98. The number of hydrogen-bond acceptors (Lipinski definition) is 5. The Morgan fingerprint density at radius 1 is 0.370 bits per heavy atom. The number of fused-ring (bicyclic) bond motifs is 7. The van der Waals surface area contributed by atoms with Gasteiger partial charge < -0.3 is 4.42 Å². The summed E-state index contributed by atoms with van der Waals surface area (Å²) < 4.78 is 9.33. The SMILES string of the molecule is c1ccc(-c2ccc(-c3nc(-c4ccccc4)nc(-c4cccc5oc6c(-c7ccc8sc9cc%10ccccc%10cc9c8c7)cccc6c45)n3)cc2)cc1. The molecule has 0 aliphatic carbocycles. The van der Waals surface area contributed by atoms with Crippen LogP contribution in [-0.4, -0.2) is 15.0 Å². The van der Waals surface area contributed by atoms with E-state index < -0.39 is 0 Å². The molecule has 0 saturated heterocycles. The van der Waals surface area contributed by atoms with Crippen LogP contribution >= 0.6 is 11.3 Å². The number of benzene rings is 8. The molecule has 3 heterocycles. The molecule has 11 rings (SSSR count). The third kappa shape index (κ3) is 5.09. The maximum Gasteiger partial charge on any atom is 0.164 e. The standard InChI is InChI=1S/C49H29N3OS/c1-3-11-30(12-4-1)31-21-23-33(24-22-31)48-50-47(32-13-5-2-6-14-32)51-49(52-48)39-19-10-20-42-45(39)38-18-9-17-37(46(38)53-42)36-25-26-43-40(28-36)41-27-34-15-7-8-16-35(34)29-44(41)54-43/h1-29H. The van der Waals surface area contributed by atoms with Crippen molar-refractivity contribution >= 4 is 64.2 Å². The molecule has 3 aromatic heterocycles. The zero-order valence-electron chi connectivity index (χ0n) is 28.9. The van der Waals surface area contributed by atoms with Gasteiger partial charge in [0.05, 0.1) is 0 Å². The van der Waals surface area contributed by atoms with Crippen molar-refractivity contribution in [2.24, 2.45) is 0 Å². The van der Waals surface area contributed by atoms with E-state index >= 15 is 0 Å². The minimum Gasteiger partial charge on any atom is -0.455 e. The summed E-state index contributed by atoms with van der Waals surface area (Å²) in [5.41, 5.74) is 8.87. The van der Waals surface area contributed by atoms with Crippen LogP contribution in [0.1, 0.15) is 0 Å². The molecule has 0 fully saturated rings. The van der Waals surface area contributed by atoms with E-state index in [1.807, 2.05) is 59.9 Å². The number of thiophene rings is 1. The van der Waals surface area contributed by atoms with Gasteiger partial charge in [-0.1, -0.05) is 146 Å². The van der Waals surface area contributed by atoms with Crippen molar-refractivity contribution in [2.75, 3.05) is 0 Å². The molecule has 0 aliphatic heterocycles. The molecule has 0 aliphatic rings. The monoisotopic (exact) mass is 707 g/mol. The Morgan fingerprint density at radius 2 is 0.944 bits per heavy atom. The molecular formula is C49H29N3OS. The van der Waals surface area contributed by atoms with Gasteiger partial charge in [-0.15, -0.1) is 11.3 Å². The summed E-state index contributed by atoms with van der Waals surface area (Å²) in [4.78, 5) is 15.2. The Bertz CT molecular complexity index is 3200. The molecule has 54 heavy (non-hydrogen) atoms. The molecule has 0 amide bonds. The first kappa shape index (κ1) is 30.7. The van der Waals surface area contributed by atoms with Crippen LogP contribution in [0.25, 0.3) is 109 Å². The van der Waals surface area contributed by atoms with Gasteiger partial charge in [0.1, 0.15) is 11.2 Å². The first-order chi connectivity index (χ1) is 26.7. The molecule has 0 unspecified atom stereocenters. The minimum atomic E-state index is 0.600. The van der Waals surface area contributed by atoms with Crippen molar-refractivity contribution < 1.29 is 4.42 Å². The van der Waals surface area contributed by atoms with Crippen LogP contribution in [0.3, 0.4) is 0 Å². The molecule has 5 heteroatoms. The van der Waals surface area contributed by atoms with Crippen LogP contribution in [0.2, 0.25) is 0 Å². The van der Waals surface area contributed by atoms with E-state index in [2.05, 4.69) is 127 Å². The molecule has 0 saturated carbocycles. The van der Waals surface area contributed by atoms with Gasteiger partial charge in [-0.05, 0) is 57.8 Å². The number of hydrogen-bond donors (Lipinski definition) is 0. The van der Waals surface area contributed by atoms with E-state index in [1.165, 1.54) is 36.5 Å². The number of furan rings is 1. The van der Waals surface area contributed by atoms with Crippen molar-refractivity contribution in [3.63, 3.8) is 0 Å². The predicted octanol–water partition coefficient (Wildman–Crippen LogP) is 13.6. The van der Waals surface area contributed by atoms with E-state index in [0.29, 0.717) is 17.5 Å². The van der Waals surface area contributed by atoms with Crippen molar-refractivity contribution in [3.8, 4) is 56.4 Å². The van der Waals surface area contributed by atoms with Gasteiger partial charge in [-0.2, -0.15) is 0 Å². The number of aromatic nitrogens is 3. The van der Waals surface area contributed by atoms with E-state index in [1.54, 1.807) is 0 Å². The topological polar surface area (TPSA) is 51.8 Å². The van der Waals surface area contributed by atoms with E-state index in [0.717, 1.165) is 55.3 Å². The van der Waals surface area contributed by atoms with E-state index in [4.69, 9.17) is 19.4 Å². The zero-order chi connectivity index (χ0) is 35.6. The molecule has 11 aromatic rings. The lowest BCUT2D eigenvalue weighted by molar-refractivity contribution is 0.670. The summed E-state index contributed by atoms with van der Waals surface area (Å²) in [6.07, 6.45) is 0. The average Bonchev–Trinajstić information content (AvgIpc) is 3.81. The molecule has 0 N–H and O–H groups in total. The van der Waals surface area contributed by atoms with Gasteiger partial charge in [0.25, 0.3) is 0 Å². The van der Waals surface area contributed by atoms with Crippen LogP contribution in [0.15, 0.2) is 180 Å². The maximum atomic E-state index is 6.76. The van der Waals surface area contributed by atoms with Gasteiger partial charge in [-0.25, -0.2) is 15.0 Å². The highest BCUT2D eigenvalue weighted by Gasteiger charge is 2.20. The fourth-order valence-corrected chi connectivity index (χ4v) is 8.79. The first-order valence-electron chi connectivity index (χ1n) is 18.0. The smallest absolute Gasteiger partial charge is 0.164 e. The summed E-state index contributed by atoms with van der Waals surface area (Å²) in [5, 5.41) is 7.07. The van der Waals surface area contributed by atoms with Crippen LogP contribution in [0, 0.1) is 0 Å². The highest BCUT2D eigenvalue weighted by molar-refractivity contribution is 7.25. The Morgan fingerprint density at radius 3 is 1.72 bits per heavy atom. The van der Waals surface area contributed by atoms with Crippen LogP contribution in [0.5, 0.6) is 0 Å². The Kier molecular flexibility index (Phi) is 7.00. The average molecular weight is 708 g/mol. The largest absolute Gasteiger partial charge is 0.455 e. The normalized spacial score (nSPS) is 11.7. The predicted molar refractivity (Wildman–Crippen MR) is 225 cm³/mol. The molecule has 0 radical (unpaired) electrons. The third-order valence-corrected chi connectivity index (χ3v) is 11.5. The number of para-hydroxylation sites is 1.